The molecule has 0 atom stereocenters. The number of nitrogens with zero attached hydrogens (tertiary/aromatic N) is 2. The topological polar surface area (TPSA) is 64.1 Å². The Kier molecular flexibility index (Phi) is 5.56. The van der Waals surface area contributed by atoms with Crippen molar-refractivity contribution in [1.82, 2.24) is 9.97 Å². The zero-order chi connectivity index (χ0) is 14.5. The largest absolute Gasteiger partial charge is 0.463 e. The first-order valence-corrected chi connectivity index (χ1v) is 8.14. The molecule has 5 nitrogen and oxygen atoms in total. The molecule has 0 saturated heterocycles. The highest BCUT2D eigenvalue weighted by molar-refractivity contribution is 14.1. The summed E-state index contributed by atoms with van der Waals surface area (Å²) in [5, 5.41) is 3.28. The molecule has 2 rings (SSSR count). The van der Waals surface area contributed by atoms with Crippen LogP contribution < -0.4 is 5.32 Å². The van der Waals surface area contributed by atoms with Crippen LogP contribution in [-0.2, 0) is 4.74 Å². The summed E-state index contributed by atoms with van der Waals surface area (Å²) in [6, 6.07) is 0. The maximum Gasteiger partial charge on any atom is 0.376 e. The first-order valence-electron chi connectivity index (χ1n) is 7.07. The highest BCUT2D eigenvalue weighted by Crippen LogP contribution is 2.36. The highest BCUT2D eigenvalue weighted by Gasteiger charge is 2.25. The van der Waals surface area contributed by atoms with Gasteiger partial charge in [0.15, 0.2) is 0 Å². The lowest BCUT2D eigenvalue weighted by Crippen LogP contribution is -2.16. The lowest BCUT2D eigenvalue weighted by molar-refractivity contribution is 0.0586. The lowest BCUT2D eigenvalue weighted by Gasteiger charge is -2.15. The molecule has 0 unspecified atom stereocenters. The predicted octanol–water partition coefficient (Wildman–Crippen LogP) is 3.35. The minimum absolute atomic E-state index is 0.161. The number of anilines is 1. The van der Waals surface area contributed by atoms with E-state index in [1.807, 2.05) is 0 Å². The summed E-state index contributed by atoms with van der Waals surface area (Å²) in [5.41, 5.74) is 0.997. The Bertz CT molecular complexity index is 488. The van der Waals surface area contributed by atoms with Gasteiger partial charge in [-0.05, 0) is 41.9 Å². The number of aromatic nitrogens is 2. The number of hydrogen-bond acceptors (Lipinski definition) is 5. The Morgan fingerprint density at radius 3 is 2.70 bits per heavy atom. The molecule has 1 saturated carbocycles. The van der Waals surface area contributed by atoms with Crippen molar-refractivity contribution in [1.29, 1.82) is 0 Å². The molecule has 0 aliphatic heterocycles. The molecule has 1 N–H and O–H groups in total. The second-order valence-electron chi connectivity index (χ2n) is 4.99. The number of esters is 1. The van der Waals surface area contributed by atoms with Crippen molar-refractivity contribution in [2.75, 3.05) is 19.0 Å². The zero-order valence-corrected chi connectivity index (χ0v) is 14.1. The fourth-order valence-corrected chi connectivity index (χ4v) is 3.35. The van der Waals surface area contributed by atoms with Crippen molar-refractivity contribution in [2.45, 2.75) is 44.9 Å². The van der Waals surface area contributed by atoms with Gasteiger partial charge in [-0.1, -0.05) is 19.8 Å². The van der Waals surface area contributed by atoms with Gasteiger partial charge in [0.25, 0.3) is 0 Å². The number of carbonyl (C=O) groups is 1. The molecule has 20 heavy (non-hydrogen) atoms. The number of ether oxygens (including phenoxy) is 1. The van der Waals surface area contributed by atoms with E-state index in [0.29, 0.717) is 5.92 Å². The number of carbonyl (C=O) groups excluding carboxylic acids is 1. The molecular weight excluding hydrogens is 369 g/mol. The van der Waals surface area contributed by atoms with E-state index >= 15 is 0 Å². The Morgan fingerprint density at radius 1 is 1.40 bits per heavy atom. The van der Waals surface area contributed by atoms with Crippen molar-refractivity contribution in [2.24, 2.45) is 0 Å². The van der Waals surface area contributed by atoms with Gasteiger partial charge in [-0.2, -0.15) is 0 Å². The van der Waals surface area contributed by atoms with Crippen LogP contribution in [0.1, 0.15) is 61.3 Å². The Hall–Kier alpha value is -0.920. The van der Waals surface area contributed by atoms with Crippen LogP contribution in [-0.4, -0.2) is 29.6 Å². The van der Waals surface area contributed by atoms with Gasteiger partial charge in [-0.25, -0.2) is 14.8 Å². The third-order valence-corrected chi connectivity index (χ3v) is 4.59. The molecule has 0 spiro atoms. The van der Waals surface area contributed by atoms with Gasteiger partial charge in [0, 0.05) is 12.5 Å². The molecule has 0 aromatic carbocycles. The highest BCUT2D eigenvalue weighted by atomic mass is 127. The van der Waals surface area contributed by atoms with Crippen molar-refractivity contribution in [3.63, 3.8) is 0 Å². The lowest BCUT2D eigenvalue weighted by atomic mass is 10.0. The quantitative estimate of drug-likeness (QED) is 0.618. The van der Waals surface area contributed by atoms with E-state index in [2.05, 4.69) is 44.8 Å². The average Bonchev–Trinajstić information content (AvgIpc) is 2.99. The summed E-state index contributed by atoms with van der Waals surface area (Å²) in [5.74, 6) is 0.883. The summed E-state index contributed by atoms with van der Waals surface area (Å²) in [6.45, 7) is 2.93. The summed E-state index contributed by atoms with van der Waals surface area (Å²) in [4.78, 5) is 20.5. The number of methoxy groups -OCH3 is 1. The summed E-state index contributed by atoms with van der Waals surface area (Å²) >= 11 is 2.28. The Balaban J connectivity index is 2.39. The summed E-state index contributed by atoms with van der Waals surface area (Å²) in [7, 11) is 1.36. The molecule has 1 heterocycles. The van der Waals surface area contributed by atoms with E-state index in [-0.39, 0.29) is 5.82 Å². The molecule has 1 aromatic heterocycles. The van der Waals surface area contributed by atoms with E-state index in [9.17, 15) is 4.79 Å². The van der Waals surface area contributed by atoms with Crippen molar-refractivity contribution in [3.8, 4) is 0 Å². The van der Waals surface area contributed by atoms with Gasteiger partial charge >= 0.3 is 5.97 Å². The molecule has 0 radical (unpaired) electrons. The van der Waals surface area contributed by atoms with Crippen LogP contribution in [0, 0.1) is 3.57 Å². The Labute approximate surface area is 133 Å². The first-order chi connectivity index (χ1) is 9.67. The number of nitrogens with one attached hydrogen (secondary N) is 1. The van der Waals surface area contributed by atoms with Gasteiger partial charge in [-0.15, -0.1) is 0 Å². The Morgan fingerprint density at radius 2 is 2.10 bits per heavy atom. The minimum Gasteiger partial charge on any atom is -0.463 e. The number of halogens is 1. The number of rotatable bonds is 5. The second kappa shape index (κ2) is 7.19. The first kappa shape index (κ1) is 15.5. The molecular formula is C14H20IN3O2. The molecule has 1 aromatic rings. The van der Waals surface area contributed by atoms with Crippen LogP contribution in [0.15, 0.2) is 0 Å². The normalized spacial score (nSPS) is 15.3. The summed E-state index contributed by atoms with van der Waals surface area (Å²) < 4.78 is 5.80. The second-order valence-corrected chi connectivity index (χ2v) is 6.07. The van der Waals surface area contributed by atoms with Crippen LogP contribution >= 0.6 is 22.6 Å². The molecule has 0 amide bonds. The summed E-state index contributed by atoms with van der Waals surface area (Å²) in [6.07, 6.45) is 5.75. The molecule has 110 valence electrons. The molecule has 1 aliphatic carbocycles. The third kappa shape index (κ3) is 3.39. The molecule has 1 fully saturated rings. The SMILES string of the molecule is CCCNc1nc(C(=O)OC)nc(C2CCCC2)c1I. The number of hydrogen-bond donors (Lipinski definition) is 1. The molecule has 0 bridgehead atoms. The standard InChI is InChI=1S/C14H20IN3O2/c1-3-8-16-12-10(15)11(9-6-4-5-7-9)17-13(18-12)14(19)20-2/h9H,3-8H2,1-2H3,(H,16,17,18). The van der Waals surface area contributed by atoms with Gasteiger partial charge in [0.05, 0.1) is 16.4 Å². The van der Waals surface area contributed by atoms with Crippen molar-refractivity contribution >= 4 is 34.4 Å². The van der Waals surface area contributed by atoms with Gasteiger partial charge in [0.2, 0.25) is 5.82 Å². The maximum absolute atomic E-state index is 11.7. The van der Waals surface area contributed by atoms with Crippen LogP contribution in [0.25, 0.3) is 0 Å². The van der Waals surface area contributed by atoms with E-state index in [0.717, 1.165) is 40.9 Å². The van der Waals surface area contributed by atoms with Crippen molar-refractivity contribution < 1.29 is 9.53 Å². The minimum atomic E-state index is -0.472. The fraction of sp³-hybridized carbons (Fsp3) is 0.643. The van der Waals surface area contributed by atoms with E-state index in [4.69, 9.17) is 4.74 Å². The monoisotopic (exact) mass is 389 g/mol. The average molecular weight is 389 g/mol. The van der Waals surface area contributed by atoms with Crippen LogP contribution in [0.5, 0.6) is 0 Å². The van der Waals surface area contributed by atoms with Gasteiger partial charge in [-0.3, -0.25) is 0 Å². The zero-order valence-electron chi connectivity index (χ0n) is 11.9. The van der Waals surface area contributed by atoms with Crippen LogP contribution in [0.2, 0.25) is 0 Å². The van der Waals surface area contributed by atoms with E-state index < -0.39 is 5.97 Å². The molecule has 6 heteroatoms. The van der Waals surface area contributed by atoms with Gasteiger partial charge in [0.1, 0.15) is 5.82 Å². The molecule has 1 aliphatic rings. The predicted molar refractivity (Wildman–Crippen MR) is 86.1 cm³/mol. The fourth-order valence-electron chi connectivity index (χ4n) is 2.48. The maximum atomic E-state index is 11.7. The van der Waals surface area contributed by atoms with Crippen molar-refractivity contribution in [3.05, 3.63) is 15.1 Å². The van der Waals surface area contributed by atoms with Gasteiger partial charge < -0.3 is 10.1 Å². The van der Waals surface area contributed by atoms with E-state index in [1.165, 1.54) is 20.0 Å². The van der Waals surface area contributed by atoms with Crippen LogP contribution in [0.4, 0.5) is 5.82 Å². The van der Waals surface area contributed by atoms with E-state index in [1.54, 1.807) is 0 Å². The van der Waals surface area contributed by atoms with Crippen LogP contribution in [0.3, 0.4) is 0 Å². The smallest absolute Gasteiger partial charge is 0.376 e. The third-order valence-electron chi connectivity index (χ3n) is 3.53.